The van der Waals surface area contributed by atoms with E-state index in [1.165, 1.54) is 11.1 Å². The molecule has 2 nitrogen and oxygen atoms in total. The predicted molar refractivity (Wildman–Crippen MR) is 93.2 cm³/mol. The van der Waals surface area contributed by atoms with Gasteiger partial charge in [0, 0.05) is 21.8 Å². The lowest BCUT2D eigenvalue weighted by molar-refractivity contribution is 0.873. The highest BCUT2D eigenvalue weighted by Gasteiger charge is 2.11. The summed E-state index contributed by atoms with van der Waals surface area (Å²) in [4.78, 5) is 0.400. The fourth-order valence-electron chi connectivity index (χ4n) is 2.23. The van der Waals surface area contributed by atoms with E-state index in [-0.39, 0.29) is 6.04 Å². The first kappa shape index (κ1) is 15.0. The highest BCUT2D eigenvalue weighted by molar-refractivity contribution is 9.10. The van der Waals surface area contributed by atoms with Crippen LogP contribution in [0, 0.1) is 6.92 Å². The van der Waals surface area contributed by atoms with E-state index in [1.807, 2.05) is 24.3 Å². The van der Waals surface area contributed by atoms with Gasteiger partial charge >= 0.3 is 0 Å². The Labute approximate surface area is 133 Å². The van der Waals surface area contributed by atoms with Crippen molar-refractivity contribution in [2.24, 2.45) is 5.73 Å². The third kappa shape index (κ3) is 3.38. The molecule has 1 atom stereocenters. The number of rotatable bonds is 4. The zero-order valence-corrected chi connectivity index (χ0v) is 13.9. The van der Waals surface area contributed by atoms with Crippen molar-refractivity contribution in [1.82, 2.24) is 0 Å². The van der Waals surface area contributed by atoms with Crippen LogP contribution in [0.3, 0.4) is 0 Å². The lowest BCUT2D eigenvalue weighted by Gasteiger charge is -2.20. The van der Waals surface area contributed by atoms with Gasteiger partial charge in [-0.3, -0.25) is 0 Å². The average molecular weight is 349 g/mol. The summed E-state index contributed by atoms with van der Waals surface area (Å²) >= 11 is 8.59. The van der Waals surface area contributed by atoms with E-state index in [9.17, 15) is 0 Å². The standard InChI is InChI=1S/C16H17BrN2S/c1-10-5-3-4-6-13(10)11(2)19-15-9-12(17)7-8-14(15)16(18)20/h3-9,11,19H,1-2H3,(H2,18,20). The van der Waals surface area contributed by atoms with Crippen molar-refractivity contribution < 1.29 is 0 Å². The van der Waals surface area contributed by atoms with E-state index in [4.69, 9.17) is 18.0 Å². The van der Waals surface area contributed by atoms with Gasteiger partial charge in [0.15, 0.2) is 0 Å². The molecule has 104 valence electrons. The second kappa shape index (κ2) is 6.37. The minimum atomic E-state index is 0.179. The smallest absolute Gasteiger partial charge is 0.106 e. The average Bonchev–Trinajstić information content (AvgIpc) is 2.38. The zero-order chi connectivity index (χ0) is 14.7. The number of halogens is 1. The summed E-state index contributed by atoms with van der Waals surface area (Å²) < 4.78 is 0.997. The van der Waals surface area contributed by atoms with Crippen LogP contribution in [-0.4, -0.2) is 4.99 Å². The number of thiocarbonyl (C=S) groups is 1. The predicted octanol–water partition coefficient (Wildman–Crippen LogP) is 4.56. The van der Waals surface area contributed by atoms with Crippen LogP contribution >= 0.6 is 28.1 Å². The normalized spacial score (nSPS) is 11.9. The molecule has 0 aliphatic rings. The molecule has 20 heavy (non-hydrogen) atoms. The fourth-order valence-corrected chi connectivity index (χ4v) is 2.77. The van der Waals surface area contributed by atoms with Crippen LogP contribution in [-0.2, 0) is 0 Å². The van der Waals surface area contributed by atoms with E-state index in [0.29, 0.717) is 4.99 Å². The monoisotopic (exact) mass is 348 g/mol. The van der Waals surface area contributed by atoms with Crippen LogP contribution in [0.25, 0.3) is 0 Å². The van der Waals surface area contributed by atoms with Crippen LogP contribution in [0.2, 0.25) is 0 Å². The molecular formula is C16H17BrN2S. The van der Waals surface area contributed by atoms with E-state index in [0.717, 1.165) is 15.7 Å². The molecule has 0 aliphatic carbocycles. The zero-order valence-electron chi connectivity index (χ0n) is 11.5. The first-order valence-electron chi connectivity index (χ1n) is 6.40. The topological polar surface area (TPSA) is 38.0 Å². The third-order valence-electron chi connectivity index (χ3n) is 3.27. The molecule has 2 rings (SSSR count). The Bertz CT molecular complexity index is 640. The van der Waals surface area contributed by atoms with E-state index >= 15 is 0 Å². The Morgan fingerprint density at radius 2 is 1.95 bits per heavy atom. The Morgan fingerprint density at radius 1 is 1.25 bits per heavy atom. The number of aryl methyl sites for hydroxylation is 1. The Balaban J connectivity index is 2.32. The number of hydrogen-bond donors (Lipinski definition) is 2. The molecule has 0 amide bonds. The molecule has 0 saturated heterocycles. The van der Waals surface area contributed by atoms with Gasteiger partial charge in [0.1, 0.15) is 4.99 Å². The third-order valence-corrected chi connectivity index (χ3v) is 3.99. The van der Waals surface area contributed by atoms with Crippen LogP contribution in [0.5, 0.6) is 0 Å². The Kier molecular flexibility index (Phi) is 4.78. The first-order valence-corrected chi connectivity index (χ1v) is 7.60. The molecule has 0 saturated carbocycles. The van der Waals surface area contributed by atoms with Gasteiger partial charge in [-0.2, -0.15) is 0 Å². The first-order chi connectivity index (χ1) is 9.49. The molecule has 1 unspecified atom stereocenters. The maximum atomic E-state index is 5.79. The van der Waals surface area contributed by atoms with Gasteiger partial charge in [0.2, 0.25) is 0 Å². The van der Waals surface area contributed by atoms with E-state index < -0.39 is 0 Å². The Morgan fingerprint density at radius 3 is 2.60 bits per heavy atom. The van der Waals surface area contributed by atoms with Crippen molar-refractivity contribution in [3.05, 3.63) is 63.6 Å². The maximum absolute atomic E-state index is 5.79. The van der Waals surface area contributed by atoms with Gasteiger partial charge in [-0.25, -0.2) is 0 Å². The number of hydrogen-bond acceptors (Lipinski definition) is 2. The van der Waals surface area contributed by atoms with Gasteiger partial charge in [0.05, 0.1) is 0 Å². The Hall–Kier alpha value is -1.39. The van der Waals surface area contributed by atoms with Crippen molar-refractivity contribution in [3.8, 4) is 0 Å². The summed E-state index contributed by atoms with van der Waals surface area (Å²) in [5.74, 6) is 0. The summed E-state index contributed by atoms with van der Waals surface area (Å²) in [5, 5.41) is 3.49. The van der Waals surface area contributed by atoms with Crippen molar-refractivity contribution >= 4 is 38.8 Å². The molecule has 0 radical (unpaired) electrons. The SMILES string of the molecule is Cc1ccccc1C(C)Nc1cc(Br)ccc1C(N)=S. The minimum Gasteiger partial charge on any atom is -0.389 e. The van der Waals surface area contributed by atoms with Crippen LogP contribution < -0.4 is 11.1 Å². The molecule has 2 aromatic rings. The number of nitrogens with one attached hydrogen (secondary N) is 1. The van der Waals surface area contributed by atoms with Crippen LogP contribution in [0.15, 0.2) is 46.9 Å². The summed E-state index contributed by atoms with van der Waals surface area (Å²) in [7, 11) is 0. The van der Waals surface area contributed by atoms with Gasteiger partial charge in [-0.1, -0.05) is 52.4 Å². The largest absolute Gasteiger partial charge is 0.389 e. The molecule has 0 aliphatic heterocycles. The molecule has 0 bridgehead atoms. The maximum Gasteiger partial charge on any atom is 0.106 e. The highest BCUT2D eigenvalue weighted by atomic mass is 79.9. The van der Waals surface area contributed by atoms with Gasteiger partial charge in [-0.15, -0.1) is 0 Å². The van der Waals surface area contributed by atoms with Gasteiger partial charge in [0.25, 0.3) is 0 Å². The van der Waals surface area contributed by atoms with Crippen molar-refractivity contribution in [2.45, 2.75) is 19.9 Å². The molecule has 0 aromatic heterocycles. The molecule has 3 N–H and O–H groups in total. The van der Waals surface area contributed by atoms with Crippen LogP contribution in [0.4, 0.5) is 5.69 Å². The number of anilines is 1. The number of benzene rings is 2. The van der Waals surface area contributed by atoms with E-state index in [1.54, 1.807) is 0 Å². The summed E-state index contributed by atoms with van der Waals surface area (Å²) in [6, 6.07) is 14.4. The second-order valence-corrected chi connectivity index (χ2v) is 6.13. The second-order valence-electron chi connectivity index (χ2n) is 4.78. The van der Waals surface area contributed by atoms with Crippen molar-refractivity contribution in [1.29, 1.82) is 0 Å². The minimum absolute atomic E-state index is 0.179. The van der Waals surface area contributed by atoms with Gasteiger partial charge in [-0.05, 0) is 43.2 Å². The van der Waals surface area contributed by atoms with Crippen molar-refractivity contribution in [2.75, 3.05) is 5.32 Å². The molecule has 2 aromatic carbocycles. The molecule has 0 heterocycles. The molecule has 0 fully saturated rings. The molecule has 0 spiro atoms. The lowest BCUT2D eigenvalue weighted by atomic mass is 10.0. The summed E-state index contributed by atoms with van der Waals surface area (Å²) in [5.41, 5.74) is 10.1. The quantitative estimate of drug-likeness (QED) is 0.795. The lowest BCUT2D eigenvalue weighted by Crippen LogP contribution is -2.15. The number of nitrogens with two attached hydrogens (primary N) is 1. The summed E-state index contributed by atoms with van der Waals surface area (Å²) in [6.45, 7) is 4.25. The highest BCUT2D eigenvalue weighted by Crippen LogP contribution is 2.27. The van der Waals surface area contributed by atoms with E-state index in [2.05, 4.69) is 53.3 Å². The summed E-state index contributed by atoms with van der Waals surface area (Å²) in [6.07, 6.45) is 0. The van der Waals surface area contributed by atoms with Crippen LogP contribution in [0.1, 0.15) is 29.7 Å². The molecular weight excluding hydrogens is 332 g/mol. The fraction of sp³-hybridized carbons (Fsp3) is 0.188. The van der Waals surface area contributed by atoms with Crippen molar-refractivity contribution in [3.63, 3.8) is 0 Å². The molecule has 4 heteroatoms. The van der Waals surface area contributed by atoms with Gasteiger partial charge < -0.3 is 11.1 Å².